The van der Waals surface area contributed by atoms with Crippen LogP contribution in [-0.4, -0.2) is 27.9 Å². The monoisotopic (exact) mass is 222 g/mol. The highest BCUT2D eigenvalue weighted by Crippen LogP contribution is 2.23. The summed E-state index contributed by atoms with van der Waals surface area (Å²) in [4.78, 5) is 4.70. The van der Waals surface area contributed by atoms with E-state index in [1.54, 1.807) is 0 Å². The van der Waals surface area contributed by atoms with Gasteiger partial charge in [0, 0.05) is 19.4 Å². The molecule has 4 heteroatoms. The van der Waals surface area contributed by atoms with Gasteiger partial charge in [0.2, 0.25) is 0 Å². The second-order valence-corrected chi connectivity index (χ2v) is 5.13. The molecule has 4 nitrogen and oxygen atoms in total. The van der Waals surface area contributed by atoms with E-state index in [1.807, 2.05) is 11.7 Å². The second kappa shape index (κ2) is 4.95. The first kappa shape index (κ1) is 11.6. The van der Waals surface area contributed by atoms with Crippen molar-refractivity contribution in [2.45, 2.75) is 39.0 Å². The fourth-order valence-corrected chi connectivity index (χ4v) is 2.34. The average molecular weight is 222 g/mol. The molecule has 90 valence electrons. The van der Waals surface area contributed by atoms with Crippen molar-refractivity contribution in [3.63, 3.8) is 0 Å². The minimum Gasteiger partial charge on any atom is -0.317 e. The first-order valence-corrected chi connectivity index (χ1v) is 6.27. The maximum atomic E-state index is 4.70. The van der Waals surface area contributed by atoms with Gasteiger partial charge in [0.25, 0.3) is 0 Å². The third-order valence-corrected chi connectivity index (χ3v) is 3.14. The predicted octanol–water partition coefficient (Wildman–Crippen LogP) is 1.48. The molecule has 2 heterocycles. The largest absolute Gasteiger partial charge is 0.317 e. The highest BCUT2D eigenvalue weighted by molar-refractivity contribution is 5.02. The van der Waals surface area contributed by atoms with Crippen molar-refractivity contribution >= 4 is 0 Å². The summed E-state index contributed by atoms with van der Waals surface area (Å²) < 4.78 is 1.98. The molecule has 1 N–H and O–H groups in total. The van der Waals surface area contributed by atoms with Crippen LogP contribution < -0.4 is 5.32 Å². The molecule has 1 aromatic rings. The SMILES string of the molecule is CC(C)Cc1nc(C2CCNCC2)n(C)n1. The molecule has 0 bridgehead atoms. The summed E-state index contributed by atoms with van der Waals surface area (Å²) in [6.07, 6.45) is 3.36. The van der Waals surface area contributed by atoms with E-state index >= 15 is 0 Å². The molecule has 1 aliphatic rings. The van der Waals surface area contributed by atoms with Crippen molar-refractivity contribution in [1.29, 1.82) is 0 Å². The molecule has 16 heavy (non-hydrogen) atoms. The molecule has 0 atom stereocenters. The van der Waals surface area contributed by atoms with Gasteiger partial charge in [-0.3, -0.25) is 4.68 Å². The van der Waals surface area contributed by atoms with Crippen molar-refractivity contribution < 1.29 is 0 Å². The minimum absolute atomic E-state index is 0.597. The molecular formula is C12H22N4. The number of hydrogen-bond acceptors (Lipinski definition) is 3. The maximum Gasteiger partial charge on any atom is 0.151 e. The zero-order chi connectivity index (χ0) is 11.5. The van der Waals surface area contributed by atoms with Gasteiger partial charge in [-0.2, -0.15) is 5.10 Å². The van der Waals surface area contributed by atoms with Crippen LogP contribution in [0.4, 0.5) is 0 Å². The first-order chi connectivity index (χ1) is 7.66. The molecular weight excluding hydrogens is 200 g/mol. The van der Waals surface area contributed by atoms with E-state index in [0.717, 1.165) is 25.3 Å². The van der Waals surface area contributed by atoms with Crippen LogP contribution in [0, 0.1) is 5.92 Å². The van der Waals surface area contributed by atoms with Gasteiger partial charge in [-0.05, 0) is 31.8 Å². The summed E-state index contributed by atoms with van der Waals surface area (Å²) in [5.41, 5.74) is 0. The van der Waals surface area contributed by atoms with Crippen LogP contribution in [0.15, 0.2) is 0 Å². The maximum absolute atomic E-state index is 4.70. The molecule has 0 amide bonds. The lowest BCUT2D eigenvalue weighted by molar-refractivity contribution is 0.432. The number of piperidine rings is 1. The Balaban J connectivity index is 2.10. The molecule has 1 fully saturated rings. The van der Waals surface area contributed by atoms with Crippen LogP contribution >= 0.6 is 0 Å². The third kappa shape index (κ3) is 2.61. The van der Waals surface area contributed by atoms with E-state index < -0.39 is 0 Å². The molecule has 2 rings (SSSR count). The fourth-order valence-electron chi connectivity index (χ4n) is 2.34. The van der Waals surface area contributed by atoms with Crippen LogP contribution in [0.25, 0.3) is 0 Å². The molecule has 1 saturated heterocycles. The van der Waals surface area contributed by atoms with Crippen molar-refractivity contribution in [2.24, 2.45) is 13.0 Å². The summed E-state index contributed by atoms with van der Waals surface area (Å²) in [6.45, 7) is 6.63. The Hall–Kier alpha value is -0.900. The molecule has 0 unspecified atom stereocenters. The second-order valence-electron chi connectivity index (χ2n) is 5.13. The van der Waals surface area contributed by atoms with E-state index in [-0.39, 0.29) is 0 Å². The zero-order valence-corrected chi connectivity index (χ0v) is 10.5. The third-order valence-electron chi connectivity index (χ3n) is 3.14. The van der Waals surface area contributed by atoms with Gasteiger partial charge in [0.15, 0.2) is 5.82 Å². The summed E-state index contributed by atoms with van der Waals surface area (Å²) >= 11 is 0. The predicted molar refractivity (Wildman–Crippen MR) is 64.4 cm³/mol. The van der Waals surface area contributed by atoms with Crippen molar-refractivity contribution in [2.75, 3.05) is 13.1 Å². The molecule has 0 spiro atoms. The van der Waals surface area contributed by atoms with E-state index in [1.165, 1.54) is 18.7 Å². The number of nitrogens with zero attached hydrogens (tertiary/aromatic N) is 3. The normalized spacial score (nSPS) is 18.2. The minimum atomic E-state index is 0.597. The average Bonchev–Trinajstić information content (AvgIpc) is 2.60. The Morgan fingerprint density at radius 1 is 1.38 bits per heavy atom. The van der Waals surface area contributed by atoms with Crippen LogP contribution in [0.3, 0.4) is 0 Å². The first-order valence-electron chi connectivity index (χ1n) is 6.27. The summed E-state index contributed by atoms with van der Waals surface area (Å²) in [5, 5.41) is 7.90. The van der Waals surface area contributed by atoms with E-state index in [4.69, 9.17) is 4.98 Å². The number of aromatic nitrogens is 3. The van der Waals surface area contributed by atoms with Crippen LogP contribution in [0.1, 0.15) is 44.3 Å². The molecule has 1 aliphatic heterocycles. The van der Waals surface area contributed by atoms with Crippen molar-refractivity contribution in [3.05, 3.63) is 11.6 Å². The van der Waals surface area contributed by atoms with Gasteiger partial charge in [0.05, 0.1) is 0 Å². The molecule has 0 saturated carbocycles. The highest BCUT2D eigenvalue weighted by atomic mass is 15.3. The van der Waals surface area contributed by atoms with Crippen LogP contribution in [0.5, 0.6) is 0 Å². The fraction of sp³-hybridized carbons (Fsp3) is 0.833. The van der Waals surface area contributed by atoms with Gasteiger partial charge in [-0.25, -0.2) is 4.98 Å². The van der Waals surface area contributed by atoms with Gasteiger partial charge < -0.3 is 5.32 Å². The molecule has 0 aromatic carbocycles. The molecule has 0 aliphatic carbocycles. The summed E-state index contributed by atoms with van der Waals surface area (Å²) in [5.74, 6) is 3.41. The number of rotatable bonds is 3. The van der Waals surface area contributed by atoms with Crippen LogP contribution in [0.2, 0.25) is 0 Å². The van der Waals surface area contributed by atoms with Crippen molar-refractivity contribution in [3.8, 4) is 0 Å². The van der Waals surface area contributed by atoms with Gasteiger partial charge in [-0.1, -0.05) is 13.8 Å². The van der Waals surface area contributed by atoms with Gasteiger partial charge in [0.1, 0.15) is 5.82 Å². The lowest BCUT2D eigenvalue weighted by atomic mass is 9.97. The van der Waals surface area contributed by atoms with E-state index in [0.29, 0.717) is 11.8 Å². The Morgan fingerprint density at radius 2 is 2.06 bits per heavy atom. The number of nitrogens with one attached hydrogen (secondary N) is 1. The number of aryl methyl sites for hydroxylation is 1. The summed E-state index contributed by atoms with van der Waals surface area (Å²) in [6, 6.07) is 0. The van der Waals surface area contributed by atoms with E-state index in [9.17, 15) is 0 Å². The van der Waals surface area contributed by atoms with Gasteiger partial charge in [-0.15, -0.1) is 0 Å². The summed E-state index contributed by atoms with van der Waals surface area (Å²) in [7, 11) is 2.02. The lowest BCUT2D eigenvalue weighted by Gasteiger charge is -2.21. The van der Waals surface area contributed by atoms with Gasteiger partial charge >= 0.3 is 0 Å². The standard InChI is InChI=1S/C12H22N4/c1-9(2)8-11-14-12(16(3)15-11)10-4-6-13-7-5-10/h9-10,13H,4-8H2,1-3H3. The highest BCUT2D eigenvalue weighted by Gasteiger charge is 2.21. The smallest absolute Gasteiger partial charge is 0.151 e. The Labute approximate surface area is 97.5 Å². The Kier molecular flexibility index (Phi) is 3.59. The Bertz CT molecular complexity index is 337. The lowest BCUT2D eigenvalue weighted by Crippen LogP contribution is -2.28. The van der Waals surface area contributed by atoms with Crippen LogP contribution in [-0.2, 0) is 13.5 Å². The molecule has 0 radical (unpaired) electrons. The molecule has 1 aromatic heterocycles. The Morgan fingerprint density at radius 3 is 2.69 bits per heavy atom. The number of hydrogen-bond donors (Lipinski definition) is 1. The topological polar surface area (TPSA) is 42.7 Å². The van der Waals surface area contributed by atoms with E-state index in [2.05, 4.69) is 24.3 Å². The van der Waals surface area contributed by atoms with Crippen molar-refractivity contribution in [1.82, 2.24) is 20.1 Å². The quantitative estimate of drug-likeness (QED) is 0.842. The zero-order valence-electron chi connectivity index (χ0n) is 10.5.